The van der Waals surface area contributed by atoms with Crippen molar-refractivity contribution in [3.63, 3.8) is 0 Å². The van der Waals surface area contributed by atoms with Gasteiger partial charge in [0.2, 0.25) is 11.0 Å². The summed E-state index contributed by atoms with van der Waals surface area (Å²) < 4.78 is 26.8. The van der Waals surface area contributed by atoms with E-state index < -0.39 is 0 Å². The van der Waals surface area contributed by atoms with Crippen LogP contribution in [0.15, 0.2) is 42.5 Å². The van der Waals surface area contributed by atoms with Crippen LogP contribution in [0.2, 0.25) is 0 Å². The van der Waals surface area contributed by atoms with Gasteiger partial charge in [-0.3, -0.25) is 4.79 Å². The van der Waals surface area contributed by atoms with E-state index in [2.05, 4.69) is 15.5 Å². The standard InChI is InChI=1S/C21H20F2N4OS/c1-13(28)27-9-8-19(18-7-6-17(23)11-15(18)12-27)24-21-26-25-20(29-21)10-14-2-4-16(22)5-3-14/h2-7,11,19H,8-10,12H2,1H3,(H,24,26). The number of benzene rings is 2. The van der Waals surface area contributed by atoms with Gasteiger partial charge in [0.25, 0.3) is 0 Å². The predicted octanol–water partition coefficient (Wildman–Crippen LogP) is 4.31. The molecule has 0 saturated carbocycles. The van der Waals surface area contributed by atoms with Crippen LogP contribution in [0.25, 0.3) is 0 Å². The molecule has 0 fully saturated rings. The molecule has 1 aliphatic rings. The molecule has 4 rings (SSSR count). The van der Waals surface area contributed by atoms with Crippen molar-refractivity contribution in [2.45, 2.75) is 32.4 Å². The van der Waals surface area contributed by atoms with Gasteiger partial charge < -0.3 is 10.2 Å². The second kappa shape index (κ2) is 8.24. The number of hydrogen-bond acceptors (Lipinski definition) is 5. The van der Waals surface area contributed by atoms with Crippen LogP contribution in [0.1, 0.15) is 41.1 Å². The molecule has 1 aromatic heterocycles. The Kier molecular flexibility index (Phi) is 5.53. The van der Waals surface area contributed by atoms with Crippen LogP contribution in [0.3, 0.4) is 0 Å². The van der Waals surface area contributed by atoms with Crippen LogP contribution >= 0.6 is 11.3 Å². The number of carbonyl (C=O) groups is 1. The first-order valence-corrected chi connectivity index (χ1v) is 10.2. The fraction of sp³-hybridized carbons (Fsp3) is 0.286. The minimum absolute atomic E-state index is 0.0293. The molecule has 3 aromatic rings. The van der Waals surface area contributed by atoms with Crippen molar-refractivity contribution in [3.05, 3.63) is 75.8 Å². The SMILES string of the molecule is CC(=O)N1CCC(Nc2nnc(Cc3ccc(F)cc3)s2)c2ccc(F)cc2C1. The minimum atomic E-state index is -0.314. The molecule has 1 atom stereocenters. The van der Waals surface area contributed by atoms with E-state index in [0.717, 1.165) is 21.7 Å². The first-order chi connectivity index (χ1) is 14.0. The van der Waals surface area contributed by atoms with Crippen LogP contribution in [-0.4, -0.2) is 27.5 Å². The zero-order valence-electron chi connectivity index (χ0n) is 15.9. The van der Waals surface area contributed by atoms with Crippen molar-refractivity contribution in [1.82, 2.24) is 15.1 Å². The van der Waals surface area contributed by atoms with Gasteiger partial charge in [-0.25, -0.2) is 8.78 Å². The molecule has 8 heteroatoms. The lowest BCUT2D eigenvalue weighted by Crippen LogP contribution is -2.28. The summed E-state index contributed by atoms with van der Waals surface area (Å²) in [5.74, 6) is -0.611. The first-order valence-electron chi connectivity index (χ1n) is 9.35. The highest BCUT2D eigenvalue weighted by atomic mass is 32.1. The molecule has 2 heterocycles. The van der Waals surface area contributed by atoms with Gasteiger partial charge in [-0.1, -0.05) is 29.5 Å². The highest BCUT2D eigenvalue weighted by Crippen LogP contribution is 2.31. The minimum Gasteiger partial charge on any atom is -0.353 e. The van der Waals surface area contributed by atoms with Crippen LogP contribution in [0.5, 0.6) is 0 Å². The third kappa shape index (κ3) is 4.59. The van der Waals surface area contributed by atoms with Crippen molar-refractivity contribution in [3.8, 4) is 0 Å². The number of hydrogen-bond donors (Lipinski definition) is 1. The number of amides is 1. The molecule has 29 heavy (non-hydrogen) atoms. The maximum Gasteiger partial charge on any atom is 0.219 e. The van der Waals surface area contributed by atoms with Crippen molar-refractivity contribution in [2.24, 2.45) is 0 Å². The quantitative estimate of drug-likeness (QED) is 0.691. The zero-order chi connectivity index (χ0) is 20.4. The topological polar surface area (TPSA) is 58.1 Å². The van der Waals surface area contributed by atoms with Crippen LogP contribution in [0, 0.1) is 11.6 Å². The number of anilines is 1. The van der Waals surface area contributed by atoms with Gasteiger partial charge in [-0.05, 0) is 47.4 Å². The number of fused-ring (bicyclic) bond motifs is 1. The summed E-state index contributed by atoms with van der Waals surface area (Å²) in [4.78, 5) is 13.6. The van der Waals surface area contributed by atoms with E-state index in [1.54, 1.807) is 23.1 Å². The van der Waals surface area contributed by atoms with Crippen LogP contribution in [0.4, 0.5) is 13.9 Å². The van der Waals surface area contributed by atoms with Gasteiger partial charge in [0.15, 0.2) is 0 Å². The molecule has 1 amide bonds. The largest absolute Gasteiger partial charge is 0.353 e. The normalized spacial score (nSPS) is 16.2. The molecule has 150 valence electrons. The Labute approximate surface area is 171 Å². The summed E-state index contributed by atoms with van der Waals surface area (Å²) in [7, 11) is 0. The van der Waals surface area contributed by atoms with E-state index in [1.807, 2.05) is 0 Å². The molecule has 5 nitrogen and oxygen atoms in total. The van der Waals surface area contributed by atoms with E-state index in [0.29, 0.717) is 31.1 Å². The monoisotopic (exact) mass is 414 g/mol. The maximum absolute atomic E-state index is 13.8. The van der Waals surface area contributed by atoms with Crippen molar-refractivity contribution < 1.29 is 13.6 Å². The lowest BCUT2D eigenvalue weighted by atomic mass is 9.99. The highest BCUT2D eigenvalue weighted by molar-refractivity contribution is 7.15. The van der Waals surface area contributed by atoms with Gasteiger partial charge in [0, 0.05) is 26.4 Å². The third-order valence-corrected chi connectivity index (χ3v) is 5.86. The van der Waals surface area contributed by atoms with E-state index >= 15 is 0 Å². The van der Waals surface area contributed by atoms with Gasteiger partial charge in [-0.15, -0.1) is 10.2 Å². The Morgan fingerprint density at radius 3 is 2.69 bits per heavy atom. The predicted molar refractivity (Wildman–Crippen MR) is 108 cm³/mol. The van der Waals surface area contributed by atoms with Crippen molar-refractivity contribution in [2.75, 3.05) is 11.9 Å². The molecule has 0 radical (unpaired) electrons. The Morgan fingerprint density at radius 1 is 1.17 bits per heavy atom. The van der Waals surface area contributed by atoms with Gasteiger partial charge in [0.05, 0.1) is 6.04 Å². The van der Waals surface area contributed by atoms with Crippen molar-refractivity contribution in [1.29, 1.82) is 0 Å². The molecule has 1 N–H and O–H groups in total. The second-order valence-corrected chi connectivity index (χ2v) is 8.14. The summed E-state index contributed by atoms with van der Waals surface area (Å²) in [6.45, 7) is 2.50. The number of nitrogens with one attached hydrogen (secondary N) is 1. The Morgan fingerprint density at radius 2 is 1.93 bits per heavy atom. The van der Waals surface area contributed by atoms with Gasteiger partial charge in [-0.2, -0.15) is 0 Å². The van der Waals surface area contributed by atoms with E-state index in [1.165, 1.54) is 42.5 Å². The van der Waals surface area contributed by atoms with E-state index in [9.17, 15) is 13.6 Å². The summed E-state index contributed by atoms with van der Waals surface area (Å²) >= 11 is 1.44. The maximum atomic E-state index is 13.8. The zero-order valence-corrected chi connectivity index (χ0v) is 16.7. The molecule has 1 aliphatic heterocycles. The van der Waals surface area contributed by atoms with Gasteiger partial charge >= 0.3 is 0 Å². The van der Waals surface area contributed by atoms with E-state index in [-0.39, 0.29) is 23.6 Å². The van der Waals surface area contributed by atoms with Crippen LogP contribution < -0.4 is 5.32 Å². The average molecular weight is 414 g/mol. The molecule has 0 bridgehead atoms. The van der Waals surface area contributed by atoms with Gasteiger partial charge in [0.1, 0.15) is 16.6 Å². The molecule has 0 saturated heterocycles. The highest BCUT2D eigenvalue weighted by Gasteiger charge is 2.25. The number of nitrogens with zero attached hydrogens (tertiary/aromatic N) is 3. The Balaban J connectivity index is 1.52. The fourth-order valence-corrected chi connectivity index (χ4v) is 4.33. The van der Waals surface area contributed by atoms with Crippen LogP contribution in [-0.2, 0) is 17.8 Å². The summed E-state index contributed by atoms with van der Waals surface area (Å²) in [6, 6.07) is 10.9. The number of carbonyl (C=O) groups excluding carboxylic acids is 1. The molecule has 0 aliphatic carbocycles. The smallest absolute Gasteiger partial charge is 0.219 e. The first kappa shape index (κ1) is 19.4. The molecule has 1 unspecified atom stereocenters. The Bertz CT molecular complexity index is 1020. The Hall–Kier alpha value is -2.87. The fourth-order valence-electron chi connectivity index (χ4n) is 3.50. The third-order valence-electron chi connectivity index (χ3n) is 5.01. The molecular formula is C21H20F2N4OS. The molecule has 2 aromatic carbocycles. The lowest BCUT2D eigenvalue weighted by Gasteiger charge is -2.19. The summed E-state index contributed by atoms with van der Waals surface area (Å²) in [6.07, 6.45) is 1.26. The van der Waals surface area contributed by atoms with E-state index in [4.69, 9.17) is 0 Å². The van der Waals surface area contributed by atoms with Crippen molar-refractivity contribution >= 4 is 22.4 Å². The molecule has 0 spiro atoms. The lowest BCUT2D eigenvalue weighted by molar-refractivity contribution is -0.129. The second-order valence-electron chi connectivity index (χ2n) is 7.07. The molecular weight excluding hydrogens is 394 g/mol. The number of rotatable bonds is 4. The summed E-state index contributed by atoms with van der Waals surface area (Å²) in [5, 5.41) is 13.3. The number of halogens is 2. The summed E-state index contributed by atoms with van der Waals surface area (Å²) in [5.41, 5.74) is 2.72. The average Bonchev–Trinajstić information content (AvgIpc) is 3.04. The number of aromatic nitrogens is 2.